The monoisotopic (exact) mass is 362 g/mol. The van der Waals surface area contributed by atoms with Crippen molar-refractivity contribution in [3.05, 3.63) is 58.8 Å². The van der Waals surface area contributed by atoms with Gasteiger partial charge in [-0.05, 0) is 48.1 Å². The molecule has 5 heteroatoms. The molecule has 0 bridgehead atoms. The molecule has 1 atom stereocenters. The maximum atomic E-state index is 11.6. The van der Waals surface area contributed by atoms with E-state index in [1.165, 1.54) is 7.11 Å². The van der Waals surface area contributed by atoms with Crippen LogP contribution in [0.1, 0.15) is 36.8 Å². The Morgan fingerprint density at radius 1 is 1.30 bits per heavy atom. The highest BCUT2D eigenvalue weighted by Gasteiger charge is 2.26. The van der Waals surface area contributed by atoms with Gasteiger partial charge in [0.1, 0.15) is 5.94 Å². The first-order valence-corrected chi connectivity index (χ1v) is 9.12. The van der Waals surface area contributed by atoms with Crippen LogP contribution in [0.4, 0.5) is 0 Å². The normalized spacial score (nSPS) is 19.5. The quantitative estimate of drug-likeness (QED) is 0.607. The number of benzene rings is 1. The number of hydrogen-bond acceptors (Lipinski definition) is 5. The molecule has 0 N–H and O–H groups in total. The molecule has 5 nitrogen and oxygen atoms in total. The van der Waals surface area contributed by atoms with Gasteiger partial charge in [-0.1, -0.05) is 18.2 Å². The van der Waals surface area contributed by atoms with E-state index in [2.05, 4.69) is 23.0 Å². The van der Waals surface area contributed by atoms with Crippen molar-refractivity contribution in [2.24, 2.45) is 5.92 Å². The molecule has 0 aromatic heterocycles. The third-order valence-corrected chi connectivity index (χ3v) is 5.18. The van der Waals surface area contributed by atoms with Gasteiger partial charge in [0.25, 0.3) is 0 Å². The van der Waals surface area contributed by atoms with E-state index in [0.29, 0.717) is 24.0 Å². The van der Waals surface area contributed by atoms with E-state index in [1.807, 2.05) is 18.2 Å². The third kappa shape index (κ3) is 4.36. The van der Waals surface area contributed by atoms with Gasteiger partial charge in [0, 0.05) is 37.2 Å². The predicted molar refractivity (Wildman–Crippen MR) is 102 cm³/mol. The van der Waals surface area contributed by atoms with E-state index < -0.39 is 0 Å². The van der Waals surface area contributed by atoms with Gasteiger partial charge in [-0.3, -0.25) is 4.79 Å². The van der Waals surface area contributed by atoms with E-state index >= 15 is 0 Å². The second-order valence-electron chi connectivity index (χ2n) is 6.92. The molecule has 1 unspecified atom stereocenters. The predicted octanol–water partition coefficient (Wildman–Crippen LogP) is 3.26. The zero-order valence-corrected chi connectivity index (χ0v) is 15.4. The number of allylic oxidation sites excluding steroid dienone is 4. The molecule has 1 aliphatic carbocycles. The van der Waals surface area contributed by atoms with E-state index in [0.717, 1.165) is 42.8 Å². The van der Waals surface area contributed by atoms with Crippen LogP contribution in [-0.4, -0.2) is 37.0 Å². The van der Waals surface area contributed by atoms with Gasteiger partial charge >= 0.3 is 5.97 Å². The number of rotatable bonds is 4. The average molecular weight is 362 g/mol. The largest absolute Gasteiger partial charge is 0.469 e. The Labute approximate surface area is 159 Å². The minimum atomic E-state index is -0.170. The number of methoxy groups -OCH3 is 1. The molecule has 0 spiro atoms. The van der Waals surface area contributed by atoms with Gasteiger partial charge in [-0.15, -0.1) is 0 Å². The van der Waals surface area contributed by atoms with Crippen LogP contribution in [0.3, 0.4) is 0 Å². The summed E-state index contributed by atoms with van der Waals surface area (Å²) < 4.78 is 4.79. The van der Waals surface area contributed by atoms with Crippen LogP contribution in [0, 0.1) is 17.2 Å². The van der Waals surface area contributed by atoms with E-state index in [-0.39, 0.29) is 11.9 Å². The van der Waals surface area contributed by atoms with Gasteiger partial charge in [-0.25, -0.2) is 4.79 Å². The Balaban J connectivity index is 1.78. The summed E-state index contributed by atoms with van der Waals surface area (Å²) in [5.74, 6) is 2.20. The second kappa shape index (κ2) is 8.53. The summed E-state index contributed by atoms with van der Waals surface area (Å²) in [5, 5.41) is 8.93. The maximum absolute atomic E-state index is 11.6. The van der Waals surface area contributed by atoms with Crippen molar-refractivity contribution in [2.45, 2.75) is 25.7 Å². The lowest BCUT2D eigenvalue weighted by Crippen LogP contribution is -2.36. The molecule has 1 aromatic rings. The van der Waals surface area contributed by atoms with Crippen LogP contribution in [0.5, 0.6) is 0 Å². The van der Waals surface area contributed by atoms with Gasteiger partial charge in [-0.2, -0.15) is 5.26 Å². The summed E-state index contributed by atoms with van der Waals surface area (Å²) in [6.07, 6.45) is 7.00. The molecule has 0 amide bonds. The number of carbonyl (C=O) groups excluding carboxylic acids is 2. The van der Waals surface area contributed by atoms with Gasteiger partial charge in [0.15, 0.2) is 0 Å². The molecular weight excluding hydrogens is 340 g/mol. The van der Waals surface area contributed by atoms with Crippen LogP contribution in [-0.2, 0) is 14.3 Å². The summed E-state index contributed by atoms with van der Waals surface area (Å²) >= 11 is 0. The molecule has 27 heavy (non-hydrogen) atoms. The molecule has 2 aliphatic rings. The van der Waals surface area contributed by atoms with Crippen molar-refractivity contribution < 1.29 is 14.3 Å². The average Bonchev–Trinajstić information content (AvgIpc) is 2.73. The number of likely N-dealkylation sites (tertiary alicyclic amines) is 1. The molecule has 1 aromatic carbocycles. The Hall–Kier alpha value is -3.09. The molecule has 3 rings (SSSR count). The standard InChI is InChI=1S/C22H22N2O3/c1-27-22(26)11-17-3-2-10-24(14-17)20-8-9-21(19(12-20)15-25)18-6-4-16(13-23)5-7-18/h4-9,17H,2-3,10-12,14H2,1H3. The lowest BCUT2D eigenvalue weighted by Gasteiger charge is -2.36. The molecular formula is C22H22N2O3. The Kier molecular flexibility index (Phi) is 5.90. The van der Waals surface area contributed by atoms with Gasteiger partial charge < -0.3 is 9.64 Å². The van der Waals surface area contributed by atoms with E-state index in [1.54, 1.807) is 12.1 Å². The number of hydrogen-bond donors (Lipinski definition) is 0. The fourth-order valence-electron chi connectivity index (χ4n) is 3.73. The summed E-state index contributed by atoms with van der Waals surface area (Å²) in [7, 11) is 1.42. The summed E-state index contributed by atoms with van der Waals surface area (Å²) in [5.41, 5.74) is 4.05. The Bertz CT molecular complexity index is 868. The molecule has 1 aliphatic heterocycles. The zero-order chi connectivity index (χ0) is 19.2. The Morgan fingerprint density at radius 2 is 2.07 bits per heavy atom. The first kappa shape index (κ1) is 18.7. The fourth-order valence-corrected chi connectivity index (χ4v) is 3.73. The van der Waals surface area contributed by atoms with Gasteiger partial charge in [0.2, 0.25) is 0 Å². The van der Waals surface area contributed by atoms with Gasteiger partial charge in [0.05, 0.1) is 18.7 Å². The van der Waals surface area contributed by atoms with Crippen LogP contribution >= 0.6 is 0 Å². The number of nitriles is 1. The lowest BCUT2D eigenvalue weighted by molar-refractivity contribution is -0.142. The van der Waals surface area contributed by atoms with Crippen LogP contribution < -0.4 is 0 Å². The lowest BCUT2D eigenvalue weighted by atomic mass is 9.89. The number of carbonyl (C=O) groups is 1. The molecule has 1 fully saturated rings. The first-order chi connectivity index (χ1) is 13.1. The van der Waals surface area contributed by atoms with Crippen molar-refractivity contribution in [1.82, 2.24) is 4.90 Å². The number of nitrogens with zero attached hydrogens (tertiary/aromatic N) is 2. The van der Waals surface area contributed by atoms with Crippen LogP contribution in [0.15, 0.2) is 47.7 Å². The van der Waals surface area contributed by atoms with Crippen molar-refractivity contribution in [1.29, 1.82) is 5.26 Å². The summed E-state index contributed by atoms with van der Waals surface area (Å²) in [6, 6.07) is 9.31. The highest BCUT2D eigenvalue weighted by Crippen LogP contribution is 2.34. The topological polar surface area (TPSA) is 70.4 Å². The first-order valence-electron chi connectivity index (χ1n) is 9.12. The van der Waals surface area contributed by atoms with Crippen LogP contribution in [0.2, 0.25) is 0 Å². The molecule has 1 heterocycles. The molecule has 138 valence electrons. The molecule has 1 saturated heterocycles. The summed E-state index contributed by atoms with van der Waals surface area (Å²) in [4.78, 5) is 25.4. The zero-order valence-electron chi connectivity index (χ0n) is 15.4. The molecule has 0 radical (unpaired) electrons. The summed E-state index contributed by atoms with van der Waals surface area (Å²) in [6.45, 7) is 1.72. The van der Waals surface area contributed by atoms with E-state index in [9.17, 15) is 9.59 Å². The fraction of sp³-hybridized carbons (Fsp3) is 0.364. The smallest absolute Gasteiger partial charge is 0.305 e. The number of esters is 1. The highest BCUT2D eigenvalue weighted by atomic mass is 16.5. The number of ether oxygens (including phenoxy) is 1. The molecule has 0 saturated carbocycles. The second-order valence-corrected chi connectivity index (χ2v) is 6.92. The third-order valence-electron chi connectivity index (χ3n) is 5.18. The highest BCUT2D eigenvalue weighted by molar-refractivity contribution is 5.89. The van der Waals surface area contributed by atoms with Crippen molar-refractivity contribution >= 4 is 17.5 Å². The van der Waals surface area contributed by atoms with Crippen molar-refractivity contribution in [3.8, 4) is 6.07 Å². The van der Waals surface area contributed by atoms with Crippen molar-refractivity contribution in [3.63, 3.8) is 0 Å². The van der Waals surface area contributed by atoms with Crippen molar-refractivity contribution in [2.75, 3.05) is 20.2 Å². The SMILES string of the molecule is COC(=O)CC1CCCN(C2=CC=C(c3ccc(C#N)cc3)C(=C=O)C2)C1. The maximum Gasteiger partial charge on any atom is 0.305 e. The minimum Gasteiger partial charge on any atom is -0.469 e. The van der Waals surface area contributed by atoms with E-state index in [4.69, 9.17) is 10.00 Å². The van der Waals surface area contributed by atoms with Crippen LogP contribution in [0.25, 0.3) is 5.57 Å². The Morgan fingerprint density at radius 3 is 2.74 bits per heavy atom. The number of piperidine rings is 1. The minimum absolute atomic E-state index is 0.170.